The van der Waals surface area contributed by atoms with Crippen LogP contribution in [0.5, 0.6) is 0 Å². The van der Waals surface area contributed by atoms with Crippen molar-refractivity contribution in [2.75, 3.05) is 0 Å². The summed E-state index contributed by atoms with van der Waals surface area (Å²) >= 11 is 0. The fourth-order valence-electron chi connectivity index (χ4n) is 4.93. The molecule has 3 aliphatic rings. The number of nitro benzene ring substituents is 1. The zero-order valence-corrected chi connectivity index (χ0v) is 14.7. The van der Waals surface area contributed by atoms with Crippen LogP contribution in [0.25, 0.3) is 0 Å². The maximum absolute atomic E-state index is 10.9. The lowest BCUT2D eigenvalue weighted by Crippen LogP contribution is -2.60. The fraction of sp³-hybridized carbons (Fsp3) is 0.474. The van der Waals surface area contributed by atoms with Crippen LogP contribution >= 0.6 is 0 Å². The van der Waals surface area contributed by atoms with E-state index in [1.807, 2.05) is 12.1 Å². The van der Waals surface area contributed by atoms with Crippen LogP contribution in [0.3, 0.4) is 0 Å². The number of ether oxygens (including phenoxy) is 2. The number of nitrogens with one attached hydrogen (secondary N) is 1. The Hall–Kier alpha value is -3.48. The molecule has 2 heterocycles. The summed E-state index contributed by atoms with van der Waals surface area (Å²) in [5, 5.41) is 49.6. The van der Waals surface area contributed by atoms with E-state index in [2.05, 4.69) is 6.07 Å². The van der Waals surface area contributed by atoms with Crippen LogP contribution in [0.2, 0.25) is 0 Å². The molecule has 140 valence electrons. The topological polar surface area (TPSA) is 157 Å². The molecule has 2 saturated heterocycles. The molecule has 4 rings (SSSR count). The maximum Gasteiger partial charge on any atom is 0.269 e. The molecule has 0 aromatic heterocycles. The van der Waals surface area contributed by atoms with Crippen molar-refractivity contribution in [3.05, 3.63) is 39.9 Å². The highest BCUT2D eigenvalue weighted by Gasteiger charge is 2.80. The van der Waals surface area contributed by atoms with E-state index >= 15 is 0 Å². The van der Waals surface area contributed by atoms with Crippen LogP contribution in [0.1, 0.15) is 37.4 Å². The quantitative estimate of drug-likeness (QED) is 0.612. The van der Waals surface area contributed by atoms with E-state index in [4.69, 9.17) is 14.9 Å². The molecule has 9 nitrogen and oxygen atoms in total. The van der Waals surface area contributed by atoms with Crippen molar-refractivity contribution in [2.24, 2.45) is 16.7 Å². The zero-order valence-electron chi connectivity index (χ0n) is 14.7. The average Bonchev–Trinajstić information content (AvgIpc) is 2.92. The van der Waals surface area contributed by atoms with Crippen LogP contribution in [0.15, 0.2) is 24.3 Å². The second-order valence-electron chi connectivity index (χ2n) is 7.34. The predicted molar refractivity (Wildman–Crippen MR) is 92.1 cm³/mol. The van der Waals surface area contributed by atoms with E-state index in [1.54, 1.807) is 0 Å². The van der Waals surface area contributed by atoms with Gasteiger partial charge in [0.25, 0.3) is 5.69 Å². The fourth-order valence-corrected chi connectivity index (χ4v) is 4.93. The molecule has 1 aliphatic carbocycles. The van der Waals surface area contributed by atoms with Gasteiger partial charge in [0, 0.05) is 18.6 Å². The second kappa shape index (κ2) is 5.76. The molecule has 1 N–H and O–H groups in total. The number of nitro groups is 1. The van der Waals surface area contributed by atoms with Crippen molar-refractivity contribution in [1.29, 1.82) is 21.2 Å². The van der Waals surface area contributed by atoms with E-state index in [1.165, 1.54) is 24.3 Å². The molecule has 9 heteroatoms. The summed E-state index contributed by atoms with van der Waals surface area (Å²) in [6.45, 7) is 0. The first kappa shape index (κ1) is 17.9. The lowest BCUT2D eigenvalue weighted by Gasteiger charge is -2.51. The van der Waals surface area contributed by atoms with Crippen molar-refractivity contribution in [1.82, 2.24) is 0 Å². The van der Waals surface area contributed by atoms with Gasteiger partial charge in [-0.15, -0.1) is 0 Å². The Kier molecular flexibility index (Phi) is 3.68. The minimum absolute atomic E-state index is 0.144. The molecule has 3 fully saturated rings. The lowest BCUT2D eigenvalue weighted by molar-refractivity contribution is -0.384. The Balaban J connectivity index is 1.94. The van der Waals surface area contributed by atoms with Crippen molar-refractivity contribution in [3.63, 3.8) is 0 Å². The summed E-state index contributed by atoms with van der Waals surface area (Å²) in [6.07, 6.45) is 1.32. The highest BCUT2D eigenvalue weighted by atomic mass is 16.7. The van der Waals surface area contributed by atoms with E-state index in [0.29, 0.717) is 18.4 Å². The largest absolute Gasteiger partial charge is 0.447 e. The van der Waals surface area contributed by atoms with Gasteiger partial charge in [-0.3, -0.25) is 15.5 Å². The Morgan fingerprint density at radius 1 is 1.14 bits per heavy atom. The van der Waals surface area contributed by atoms with Crippen molar-refractivity contribution in [3.8, 4) is 18.2 Å². The third kappa shape index (κ3) is 1.88. The number of benzene rings is 1. The van der Waals surface area contributed by atoms with Gasteiger partial charge in [-0.05, 0) is 30.5 Å². The van der Waals surface area contributed by atoms with Gasteiger partial charge in [0.05, 0.1) is 29.0 Å². The number of nitrogens with zero attached hydrogens (tertiary/aromatic N) is 4. The van der Waals surface area contributed by atoms with Crippen LogP contribution < -0.4 is 0 Å². The predicted octanol–water partition coefficient (Wildman–Crippen LogP) is 3.10. The van der Waals surface area contributed by atoms with Crippen LogP contribution in [-0.4, -0.2) is 16.6 Å². The molecule has 2 bridgehead atoms. The molecule has 0 unspecified atom stereocenters. The summed E-state index contributed by atoms with van der Waals surface area (Å²) in [6, 6.07) is 11.4. The summed E-state index contributed by atoms with van der Waals surface area (Å²) in [4.78, 5) is 10.4. The molecule has 1 saturated carbocycles. The molecule has 1 aromatic rings. The minimum atomic E-state index is -2.02. The Bertz CT molecular complexity index is 987. The second-order valence-corrected chi connectivity index (χ2v) is 7.34. The van der Waals surface area contributed by atoms with Crippen LogP contribution in [0.4, 0.5) is 5.69 Å². The lowest BCUT2D eigenvalue weighted by atomic mass is 9.51. The van der Waals surface area contributed by atoms with Crippen LogP contribution in [0, 0.1) is 66.3 Å². The van der Waals surface area contributed by atoms with Crippen molar-refractivity contribution in [2.45, 2.75) is 37.6 Å². The Morgan fingerprint density at radius 2 is 1.82 bits per heavy atom. The van der Waals surface area contributed by atoms with Crippen LogP contribution in [-0.2, 0) is 9.47 Å². The first-order valence-electron chi connectivity index (χ1n) is 8.85. The molecule has 4 atom stereocenters. The summed E-state index contributed by atoms with van der Waals surface area (Å²) < 4.78 is 12.0. The Labute approximate surface area is 160 Å². The normalized spacial score (nSPS) is 34.8. The minimum Gasteiger partial charge on any atom is -0.447 e. The molecule has 2 aliphatic heterocycles. The van der Waals surface area contributed by atoms with Gasteiger partial charge in [0.15, 0.2) is 5.41 Å². The highest BCUT2D eigenvalue weighted by molar-refractivity contribution is 5.89. The van der Waals surface area contributed by atoms with Gasteiger partial charge in [0.1, 0.15) is 6.10 Å². The summed E-state index contributed by atoms with van der Waals surface area (Å²) in [5.41, 5.74) is -3.57. The zero-order chi connectivity index (χ0) is 20.2. The first-order valence-corrected chi connectivity index (χ1v) is 8.85. The summed E-state index contributed by atoms with van der Waals surface area (Å²) in [5.74, 6) is -2.25. The molecule has 0 amide bonds. The number of nitriles is 3. The summed E-state index contributed by atoms with van der Waals surface area (Å²) in [7, 11) is 0. The van der Waals surface area contributed by atoms with E-state index in [9.17, 15) is 25.9 Å². The number of non-ortho nitro benzene ring substituents is 1. The molecular formula is C19H15N5O4. The third-order valence-electron chi connectivity index (χ3n) is 6.22. The number of hydrogen-bond donors (Lipinski definition) is 1. The van der Waals surface area contributed by atoms with Gasteiger partial charge >= 0.3 is 0 Å². The van der Waals surface area contributed by atoms with Gasteiger partial charge in [0.2, 0.25) is 17.1 Å². The van der Waals surface area contributed by atoms with Crippen molar-refractivity contribution >= 4 is 11.6 Å². The van der Waals surface area contributed by atoms with Gasteiger partial charge in [-0.2, -0.15) is 15.8 Å². The Morgan fingerprint density at radius 3 is 2.39 bits per heavy atom. The molecule has 1 aromatic carbocycles. The standard InChI is InChI=1S/C19H15N5O4/c20-9-17(10-21)15(12-4-6-13(7-5-12)24(25)26)27-19-8-2-1-3-14(19)18(17,11-22)16(23)28-19/h4-7,14-15,23H,1-3,8H2/t14-,15-,18+,19+/m0/s1. The molecule has 28 heavy (non-hydrogen) atoms. The average molecular weight is 377 g/mol. The van der Waals surface area contributed by atoms with E-state index in [0.717, 1.165) is 12.8 Å². The SMILES string of the molecule is N#CC1(C#N)[C@H](c2ccc([N+](=O)[O-])cc2)O[C@@]23CCCC[C@H]2[C@]1(C#N)C(=N)O3. The van der Waals surface area contributed by atoms with E-state index < -0.39 is 39.5 Å². The molecule has 0 spiro atoms. The van der Waals surface area contributed by atoms with Crippen molar-refractivity contribution < 1.29 is 14.4 Å². The first-order chi connectivity index (χ1) is 13.4. The van der Waals surface area contributed by atoms with Gasteiger partial charge in [-0.25, -0.2) is 0 Å². The highest BCUT2D eigenvalue weighted by Crippen LogP contribution is 2.69. The molecular weight excluding hydrogens is 362 g/mol. The number of hydrogen-bond acceptors (Lipinski definition) is 8. The maximum atomic E-state index is 10.9. The van der Waals surface area contributed by atoms with Gasteiger partial charge < -0.3 is 9.47 Å². The number of rotatable bonds is 2. The monoisotopic (exact) mass is 377 g/mol. The smallest absolute Gasteiger partial charge is 0.269 e. The molecule has 0 radical (unpaired) electrons. The van der Waals surface area contributed by atoms with Gasteiger partial charge in [-0.1, -0.05) is 6.42 Å². The third-order valence-corrected chi connectivity index (χ3v) is 6.22. The van der Waals surface area contributed by atoms with E-state index in [-0.39, 0.29) is 5.69 Å².